The number of fused-ring (bicyclic) bond motifs is 8. The summed E-state index contributed by atoms with van der Waals surface area (Å²) in [6, 6.07) is 27.5. The molecule has 0 saturated heterocycles. The summed E-state index contributed by atoms with van der Waals surface area (Å²) in [6.45, 7) is 0. The van der Waals surface area contributed by atoms with Crippen molar-refractivity contribution in [3.8, 4) is 44.5 Å². The minimum absolute atomic E-state index is 0.0318. The minimum atomic E-state index is -0.377. The number of aromatic nitrogens is 7. The summed E-state index contributed by atoms with van der Waals surface area (Å²) in [7, 11) is 6.00. The molecule has 6 aromatic heterocycles. The quantitative estimate of drug-likeness (QED) is 0.108. The van der Waals surface area contributed by atoms with Crippen LogP contribution in [0, 0.1) is 10.1 Å². The van der Waals surface area contributed by atoms with Gasteiger partial charge in [-0.05, 0) is 83.0 Å². The number of hydrogen-bond acceptors (Lipinski definition) is 4. The predicted octanol–water partition coefficient (Wildman–Crippen LogP) is 7.71. The first-order chi connectivity index (χ1) is 26.3. The number of nitro groups is 1. The summed E-state index contributed by atoms with van der Waals surface area (Å²) in [6.07, 6.45) is 20.5. The number of pyridine rings is 3. The minimum Gasteiger partial charge on any atom is -0.354 e. The molecule has 0 atom stereocenters. The zero-order valence-electron chi connectivity index (χ0n) is 29.9. The van der Waals surface area contributed by atoms with Gasteiger partial charge in [0.2, 0.25) is 0 Å². The zero-order chi connectivity index (χ0) is 36.9. The van der Waals surface area contributed by atoms with Gasteiger partial charge in [-0.15, -0.1) is 0 Å². The van der Waals surface area contributed by atoms with E-state index in [1.807, 2.05) is 72.0 Å². The molecular formula is C44H35N8O2+3. The van der Waals surface area contributed by atoms with E-state index in [1.54, 1.807) is 24.3 Å². The highest BCUT2D eigenvalue weighted by molar-refractivity contribution is 6.00. The molecule has 7 aromatic rings. The summed E-state index contributed by atoms with van der Waals surface area (Å²) in [4.78, 5) is 29.4. The van der Waals surface area contributed by atoms with Crippen LogP contribution in [0.15, 0.2) is 122 Å². The molecule has 2 aliphatic rings. The molecule has 0 fully saturated rings. The van der Waals surface area contributed by atoms with Gasteiger partial charge in [-0.25, -0.2) is 23.7 Å². The van der Waals surface area contributed by atoms with Crippen LogP contribution in [0.1, 0.15) is 22.8 Å². The third-order valence-corrected chi connectivity index (χ3v) is 9.92. The largest absolute Gasteiger partial charge is 0.354 e. The molecule has 2 aliphatic heterocycles. The maximum absolute atomic E-state index is 11.6. The maximum atomic E-state index is 11.6. The normalized spacial score (nSPS) is 12.0. The number of rotatable bonds is 5. The van der Waals surface area contributed by atoms with E-state index in [2.05, 4.69) is 94.9 Å². The van der Waals surface area contributed by atoms with Crippen LogP contribution in [0.2, 0.25) is 0 Å². The number of nitrogens with zero attached hydrogens (tertiary/aromatic N) is 6. The molecule has 10 nitrogen and oxygen atoms in total. The molecule has 0 aliphatic carbocycles. The molecule has 1 aromatic carbocycles. The molecule has 260 valence electrons. The Morgan fingerprint density at radius 2 is 0.759 bits per heavy atom. The number of aromatic amines is 2. The van der Waals surface area contributed by atoms with E-state index in [1.165, 1.54) is 0 Å². The van der Waals surface area contributed by atoms with E-state index >= 15 is 0 Å². The van der Waals surface area contributed by atoms with Crippen LogP contribution in [0.25, 0.3) is 90.9 Å². The van der Waals surface area contributed by atoms with Crippen molar-refractivity contribution in [2.24, 2.45) is 21.1 Å². The molecule has 0 amide bonds. The summed E-state index contributed by atoms with van der Waals surface area (Å²) in [5.41, 5.74) is 14.3. The molecule has 8 heterocycles. The van der Waals surface area contributed by atoms with Crippen molar-refractivity contribution in [2.45, 2.75) is 0 Å². The van der Waals surface area contributed by atoms with E-state index in [9.17, 15) is 10.1 Å². The van der Waals surface area contributed by atoms with Gasteiger partial charge in [-0.2, -0.15) is 0 Å². The highest BCUT2D eigenvalue weighted by Gasteiger charge is 2.20. The molecule has 0 unspecified atom stereocenters. The molecule has 2 N–H and O–H groups in total. The van der Waals surface area contributed by atoms with Gasteiger partial charge < -0.3 is 9.97 Å². The van der Waals surface area contributed by atoms with Crippen LogP contribution >= 0.6 is 0 Å². The molecule has 10 heteroatoms. The first kappa shape index (κ1) is 32.6. The number of nitrogens with one attached hydrogen (secondary N) is 2. The van der Waals surface area contributed by atoms with Crippen LogP contribution in [0.5, 0.6) is 0 Å². The summed E-state index contributed by atoms with van der Waals surface area (Å²) < 4.78 is 6.03. The highest BCUT2D eigenvalue weighted by atomic mass is 16.6. The Morgan fingerprint density at radius 3 is 1.13 bits per heavy atom. The number of nitro benzene ring substituents is 1. The van der Waals surface area contributed by atoms with E-state index in [0.29, 0.717) is 0 Å². The Kier molecular flexibility index (Phi) is 7.85. The lowest BCUT2D eigenvalue weighted by molar-refractivity contribution is -0.671. The van der Waals surface area contributed by atoms with Crippen molar-refractivity contribution in [1.29, 1.82) is 0 Å². The second-order valence-electron chi connectivity index (χ2n) is 13.6. The van der Waals surface area contributed by atoms with Crippen LogP contribution in [-0.2, 0) is 21.1 Å². The van der Waals surface area contributed by atoms with Crippen LogP contribution < -0.4 is 13.7 Å². The average Bonchev–Trinajstić information content (AvgIpc) is 4.02. The van der Waals surface area contributed by atoms with Crippen molar-refractivity contribution in [3.05, 3.63) is 155 Å². The van der Waals surface area contributed by atoms with Crippen molar-refractivity contribution < 1.29 is 18.6 Å². The lowest BCUT2D eigenvalue weighted by Crippen LogP contribution is -2.25. The Balaban J connectivity index is 1.45. The number of H-pyrrole nitrogens is 2. The maximum Gasteiger partial charge on any atom is 0.269 e. The molecule has 0 saturated carbocycles. The third-order valence-electron chi connectivity index (χ3n) is 9.92. The smallest absolute Gasteiger partial charge is 0.269 e. The zero-order valence-corrected chi connectivity index (χ0v) is 29.9. The van der Waals surface area contributed by atoms with Crippen molar-refractivity contribution in [3.63, 3.8) is 0 Å². The van der Waals surface area contributed by atoms with Crippen molar-refractivity contribution in [2.75, 3.05) is 0 Å². The number of non-ortho nitro benzene ring substituents is 1. The van der Waals surface area contributed by atoms with E-state index < -0.39 is 0 Å². The monoisotopic (exact) mass is 707 g/mol. The van der Waals surface area contributed by atoms with Crippen molar-refractivity contribution in [1.82, 2.24) is 19.9 Å². The summed E-state index contributed by atoms with van der Waals surface area (Å²) in [5, 5.41) is 11.6. The lowest BCUT2D eigenvalue weighted by Gasteiger charge is -2.06. The van der Waals surface area contributed by atoms with Gasteiger partial charge in [0.25, 0.3) is 5.69 Å². The summed E-state index contributed by atoms with van der Waals surface area (Å²) >= 11 is 0. The van der Waals surface area contributed by atoms with Crippen molar-refractivity contribution >= 4 is 52.1 Å². The number of hydrogen-bond donors (Lipinski definition) is 2. The highest BCUT2D eigenvalue weighted by Crippen LogP contribution is 2.38. The van der Waals surface area contributed by atoms with Crippen LogP contribution in [0.3, 0.4) is 0 Å². The number of benzene rings is 1. The SMILES string of the molecule is C[n+]1ccc(-c2c3nc(c(-c4cc[n+](C)cc4)c4ccc([nH]4)c(-c4ccc([N+](=O)[O-])cc4)c4ccc([nH]4)c(-c4cc[n+](C)cc4)c4nc2C=C4)C=C3)cc1. The Labute approximate surface area is 310 Å². The standard InChI is InChI=1S/C44H34N8O2/c1-49-22-16-29(17-23-49)42-35-10-8-33(45-35)41(28-4-6-32(7-5-28)52(53)54)34-9-11-36(46-34)43(30-18-24-50(2)25-19-30)38-13-15-40(48-38)44(39-14-12-37(42)47-39)31-20-26-51(3)27-21-31/h4-27H,1-3H3,(H,45,46,47,48)/q+2/p+1. The Bertz CT molecular complexity index is 2700. The Morgan fingerprint density at radius 1 is 0.444 bits per heavy atom. The van der Waals surface area contributed by atoms with E-state index in [-0.39, 0.29) is 10.6 Å². The fraction of sp³-hybridized carbons (Fsp3) is 0.0682. The first-order valence-corrected chi connectivity index (χ1v) is 17.6. The molecule has 0 radical (unpaired) electrons. The fourth-order valence-electron chi connectivity index (χ4n) is 7.17. The van der Waals surface area contributed by atoms with Gasteiger partial charge in [0.1, 0.15) is 21.1 Å². The molecule has 0 spiro atoms. The molecule has 54 heavy (non-hydrogen) atoms. The average molecular weight is 708 g/mol. The van der Waals surface area contributed by atoms with Crippen LogP contribution in [0.4, 0.5) is 5.69 Å². The number of aryl methyl sites for hydroxylation is 3. The lowest BCUT2D eigenvalue weighted by atomic mass is 10.0. The second-order valence-corrected chi connectivity index (χ2v) is 13.6. The van der Waals surface area contributed by atoms with Gasteiger partial charge in [0.05, 0.1) is 27.7 Å². The van der Waals surface area contributed by atoms with Gasteiger partial charge in [0, 0.05) is 92.9 Å². The van der Waals surface area contributed by atoms with Gasteiger partial charge in [-0.3, -0.25) is 10.1 Å². The van der Waals surface area contributed by atoms with Gasteiger partial charge in [-0.1, -0.05) is 0 Å². The Hall–Kier alpha value is -7.33. The topological polar surface area (TPSA) is 112 Å². The fourth-order valence-corrected chi connectivity index (χ4v) is 7.17. The molecule has 8 bridgehead atoms. The second kappa shape index (κ2) is 13.0. The summed E-state index contributed by atoms with van der Waals surface area (Å²) in [5.74, 6) is 0. The first-order valence-electron chi connectivity index (χ1n) is 17.6. The predicted molar refractivity (Wildman–Crippen MR) is 211 cm³/mol. The molecular weight excluding hydrogens is 673 g/mol. The van der Waals surface area contributed by atoms with Gasteiger partial charge >= 0.3 is 0 Å². The van der Waals surface area contributed by atoms with Crippen LogP contribution in [-0.4, -0.2) is 24.9 Å². The van der Waals surface area contributed by atoms with Gasteiger partial charge in [0.15, 0.2) is 37.2 Å². The molecule has 9 rings (SSSR count). The van der Waals surface area contributed by atoms with E-state index in [0.717, 1.165) is 89.4 Å². The third kappa shape index (κ3) is 5.85. The van der Waals surface area contributed by atoms with E-state index in [4.69, 9.17) is 9.97 Å².